The third-order valence-electron chi connectivity index (χ3n) is 2.68. The topological polar surface area (TPSA) is 33.2 Å². The summed E-state index contributed by atoms with van der Waals surface area (Å²) in [6.07, 6.45) is -3.17. The summed E-state index contributed by atoms with van der Waals surface area (Å²) in [5, 5.41) is 0. The normalized spacial score (nSPS) is 15.6. The van der Waals surface area contributed by atoms with Crippen molar-refractivity contribution in [3.05, 3.63) is 29.1 Å². The van der Waals surface area contributed by atoms with Crippen LogP contribution in [-0.4, -0.2) is 30.1 Å². The van der Waals surface area contributed by atoms with Crippen LogP contribution in [0.2, 0.25) is 0 Å². The van der Waals surface area contributed by atoms with Crippen LogP contribution in [0.15, 0.2) is 12.3 Å². The summed E-state index contributed by atoms with van der Waals surface area (Å²) in [6.45, 7) is 0.474. The third kappa shape index (κ3) is 2.43. The first-order valence-corrected chi connectivity index (χ1v) is 4.97. The Hall–Kier alpha value is -1.53. The van der Waals surface area contributed by atoms with Crippen LogP contribution in [0.3, 0.4) is 0 Å². The van der Waals surface area contributed by atoms with Gasteiger partial charge in [-0.2, -0.15) is 13.2 Å². The molecule has 0 unspecified atom stereocenters. The SMILES string of the molecule is [B]C(=O)N1CCc2ncc(C(F)(F)F)cc2C1. The van der Waals surface area contributed by atoms with E-state index in [4.69, 9.17) is 7.85 Å². The molecule has 1 amide bonds. The number of nitrogens with zero attached hydrogens (tertiary/aromatic N) is 2. The van der Waals surface area contributed by atoms with Crippen molar-refractivity contribution in [2.75, 3.05) is 6.54 Å². The fourth-order valence-electron chi connectivity index (χ4n) is 1.77. The summed E-state index contributed by atoms with van der Waals surface area (Å²) in [5.74, 6) is -0.631. The van der Waals surface area contributed by atoms with Gasteiger partial charge in [0.05, 0.1) is 5.56 Å². The largest absolute Gasteiger partial charge is 0.417 e. The van der Waals surface area contributed by atoms with Crippen molar-refractivity contribution in [1.29, 1.82) is 0 Å². The predicted molar refractivity (Wildman–Crippen MR) is 54.5 cm³/mol. The monoisotopic (exact) mass is 240 g/mol. The molecule has 0 bridgehead atoms. The number of pyridine rings is 1. The van der Waals surface area contributed by atoms with Crippen molar-refractivity contribution in [2.45, 2.75) is 19.1 Å². The maximum Gasteiger partial charge on any atom is 0.417 e. The van der Waals surface area contributed by atoms with Gasteiger partial charge in [0.2, 0.25) is 7.85 Å². The highest BCUT2D eigenvalue weighted by atomic mass is 19.4. The number of halogens is 3. The van der Waals surface area contributed by atoms with Crippen molar-refractivity contribution < 1.29 is 18.0 Å². The second-order valence-electron chi connectivity index (χ2n) is 3.84. The zero-order chi connectivity index (χ0) is 12.6. The average Bonchev–Trinajstić information content (AvgIpc) is 2.26. The van der Waals surface area contributed by atoms with Crippen LogP contribution < -0.4 is 0 Å². The van der Waals surface area contributed by atoms with Crippen molar-refractivity contribution in [1.82, 2.24) is 9.88 Å². The lowest BCUT2D eigenvalue weighted by Crippen LogP contribution is -2.35. The molecule has 2 heterocycles. The molecule has 3 nitrogen and oxygen atoms in total. The van der Waals surface area contributed by atoms with Gasteiger partial charge >= 0.3 is 6.18 Å². The van der Waals surface area contributed by atoms with Crippen LogP contribution in [0.4, 0.5) is 18.0 Å². The molecule has 7 heteroatoms. The van der Waals surface area contributed by atoms with E-state index in [0.29, 0.717) is 24.2 Å². The van der Waals surface area contributed by atoms with Crippen molar-refractivity contribution >= 4 is 13.7 Å². The molecule has 0 spiro atoms. The summed E-state index contributed by atoms with van der Waals surface area (Å²) in [6, 6.07) is 1.03. The van der Waals surface area contributed by atoms with E-state index >= 15 is 0 Å². The van der Waals surface area contributed by atoms with Gasteiger partial charge in [0.15, 0.2) is 5.81 Å². The zero-order valence-corrected chi connectivity index (χ0v) is 8.79. The van der Waals surface area contributed by atoms with E-state index in [1.807, 2.05) is 0 Å². The molecule has 88 valence electrons. The lowest BCUT2D eigenvalue weighted by molar-refractivity contribution is -0.137. The van der Waals surface area contributed by atoms with Crippen molar-refractivity contribution in [2.24, 2.45) is 0 Å². The van der Waals surface area contributed by atoms with Gasteiger partial charge in [-0.05, 0) is 11.6 Å². The molecule has 0 aliphatic carbocycles. The minimum atomic E-state index is -4.42. The smallest absolute Gasteiger partial charge is 0.348 e. The number of amides is 1. The molecule has 0 atom stereocenters. The summed E-state index contributed by atoms with van der Waals surface area (Å²) in [5.41, 5.74) is 0.197. The zero-order valence-electron chi connectivity index (χ0n) is 8.79. The Balaban J connectivity index is 2.32. The highest BCUT2D eigenvalue weighted by molar-refractivity contribution is 6.56. The Morgan fingerprint density at radius 1 is 1.47 bits per heavy atom. The molecule has 17 heavy (non-hydrogen) atoms. The molecule has 0 aromatic carbocycles. The maximum atomic E-state index is 12.5. The van der Waals surface area contributed by atoms with Crippen LogP contribution >= 0.6 is 0 Å². The van der Waals surface area contributed by atoms with Crippen LogP contribution in [-0.2, 0) is 19.1 Å². The number of carbonyl (C=O) groups excluding carboxylic acids is 1. The third-order valence-corrected chi connectivity index (χ3v) is 2.68. The van der Waals surface area contributed by atoms with E-state index < -0.39 is 17.5 Å². The maximum absolute atomic E-state index is 12.5. The van der Waals surface area contributed by atoms with Crippen LogP contribution in [0, 0.1) is 0 Å². The van der Waals surface area contributed by atoms with E-state index in [9.17, 15) is 18.0 Å². The Morgan fingerprint density at radius 3 is 2.76 bits per heavy atom. The molecular weight excluding hydrogens is 232 g/mol. The van der Waals surface area contributed by atoms with Gasteiger partial charge < -0.3 is 4.90 Å². The van der Waals surface area contributed by atoms with Gasteiger partial charge in [-0.1, -0.05) is 0 Å². The highest BCUT2D eigenvalue weighted by Crippen LogP contribution is 2.30. The Labute approximate surface area is 97.0 Å². The quantitative estimate of drug-likeness (QED) is 0.647. The molecule has 1 aliphatic heterocycles. The van der Waals surface area contributed by atoms with Gasteiger partial charge in [-0.3, -0.25) is 9.78 Å². The van der Waals surface area contributed by atoms with E-state index in [1.165, 1.54) is 4.90 Å². The van der Waals surface area contributed by atoms with Crippen molar-refractivity contribution in [3.8, 4) is 0 Å². The first-order valence-electron chi connectivity index (χ1n) is 4.97. The average molecular weight is 240 g/mol. The standard InChI is InChI=1S/C10H8BF3N2O/c11-9(17)16-2-1-8-6(5-16)3-7(4-15-8)10(12,13)14/h3-4H,1-2,5H2. The van der Waals surface area contributed by atoms with E-state index in [-0.39, 0.29) is 6.54 Å². The number of hydrogen-bond acceptors (Lipinski definition) is 2. The first kappa shape index (κ1) is 11.9. The number of hydrogen-bond donors (Lipinski definition) is 0. The Kier molecular flexibility index (Phi) is 2.85. The molecule has 0 saturated carbocycles. The molecular formula is C10H8BF3N2O. The Morgan fingerprint density at radius 2 is 2.18 bits per heavy atom. The van der Waals surface area contributed by atoms with Gasteiger partial charge in [-0.15, -0.1) is 0 Å². The van der Waals surface area contributed by atoms with Crippen LogP contribution in [0.5, 0.6) is 0 Å². The van der Waals surface area contributed by atoms with E-state index in [0.717, 1.165) is 12.3 Å². The summed E-state index contributed by atoms with van der Waals surface area (Å²) >= 11 is 0. The fraction of sp³-hybridized carbons (Fsp3) is 0.400. The predicted octanol–water partition coefficient (Wildman–Crippen LogP) is 1.75. The molecule has 2 radical (unpaired) electrons. The second-order valence-corrected chi connectivity index (χ2v) is 3.84. The Bertz CT molecular complexity index is 461. The second kappa shape index (κ2) is 4.05. The number of alkyl halides is 3. The lowest BCUT2D eigenvalue weighted by atomic mass is 10.0. The van der Waals surface area contributed by atoms with Gasteiger partial charge in [-0.25, -0.2) is 0 Å². The van der Waals surface area contributed by atoms with Gasteiger partial charge in [0.25, 0.3) is 0 Å². The minimum Gasteiger partial charge on any atom is -0.348 e. The molecule has 0 N–H and O–H groups in total. The fourth-order valence-corrected chi connectivity index (χ4v) is 1.77. The lowest BCUT2D eigenvalue weighted by Gasteiger charge is -2.28. The summed E-state index contributed by atoms with van der Waals surface area (Å²) < 4.78 is 37.4. The minimum absolute atomic E-state index is 0.0849. The summed E-state index contributed by atoms with van der Waals surface area (Å²) in [4.78, 5) is 16.0. The molecule has 1 aromatic rings. The number of carbonyl (C=O) groups is 1. The van der Waals surface area contributed by atoms with Crippen LogP contribution in [0.25, 0.3) is 0 Å². The van der Waals surface area contributed by atoms with Crippen molar-refractivity contribution in [3.63, 3.8) is 0 Å². The van der Waals surface area contributed by atoms with E-state index in [2.05, 4.69) is 4.98 Å². The first-order chi connectivity index (χ1) is 7.88. The number of rotatable bonds is 0. The molecule has 0 fully saturated rings. The number of aromatic nitrogens is 1. The highest BCUT2D eigenvalue weighted by Gasteiger charge is 2.32. The number of fused-ring (bicyclic) bond motifs is 1. The van der Waals surface area contributed by atoms with Gasteiger partial charge in [0.1, 0.15) is 0 Å². The molecule has 0 saturated heterocycles. The van der Waals surface area contributed by atoms with Gasteiger partial charge in [0, 0.05) is 31.4 Å². The molecule has 2 rings (SSSR count). The molecule has 1 aliphatic rings. The summed E-state index contributed by atoms with van der Waals surface area (Å²) in [7, 11) is 5.09. The van der Waals surface area contributed by atoms with E-state index in [1.54, 1.807) is 0 Å². The molecule has 1 aromatic heterocycles. The van der Waals surface area contributed by atoms with Crippen LogP contribution in [0.1, 0.15) is 16.8 Å².